The predicted molar refractivity (Wildman–Crippen MR) is 110 cm³/mol. The number of rotatable bonds is 3. The summed E-state index contributed by atoms with van der Waals surface area (Å²) >= 11 is 0. The number of benzene rings is 1. The first kappa shape index (κ1) is 19.7. The number of ketones is 1. The molecule has 2 N–H and O–H groups in total. The topological polar surface area (TPSA) is 75.6 Å². The minimum atomic E-state index is -0.468. The van der Waals surface area contributed by atoms with E-state index < -0.39 is 5.92 Å². The molecular formula is C24H29NO4. The number of ether oxygens (including phenoxy) is 1. The molecule has 3 aliphatic rings. The van der Waals surface area contributed by atoms with Gasteiger partial charge in [-0.2, -0.15) is 0 Å². The maximum Gasteiger partial charge on any atom is 0.337 e. The van der Waals surface area contributed by atoms with Crippen molar-refractivity contribution < 1.29 is 19.4 Å². The molecule has 0 amide bonds. The zero-order valence-corrected chi connectivity index (χ0v) is 17.4. The highest BCUT2D eigenvalue weighted by molar-refractivity contribution is 6.04. The number of dihydropyridines is 1. The molecule has 1 atom stereocenters. The third-order valence-corrected chi connectivity index (χ3v) is 6.26. The summed E-state index contributed by atoms with van der Waals surface area (Å²) in [6.45, 7) is 6.07. The summed E-state index contributed by atoms with van der Waals surface area (Å²) in [5.74, 6) is -0.585. The van der Waals surface area contributed by atoms with Crippen molar-refractivity contribution in [2.75, 3.05) is 0 Å². The summed E-state index contributed by atoms with van der Waals surface area (Å²) in [5, 5.41) is 13.1. The number of nitrogens with one attached hydrogen (secondary N) is 1. The lowest BCUT2D eigenvalue weighted by Gasteiger charge is -2.39. The van der Waals surface area contributed by atoms with Crippen LogP contribution in [0.15, 0.2) is 46.8 Å². The molecule has 5 heteroatoms. The van der Waals surface area contributed by atoms with Crippen molar-refractivity contribution in [3.8, 4) is 5.75 Å². The molecule has 1 aliphatic heterocycles. The number of hydrogen-bond acceptors (Lipinski definition) is 5. The Bertz CT molecular complexity index is 901. The number of aromatic hydroxyl groups is 1. The molecule has 0 saturated heterocycles. The molecule has 5 nitrogen and oxygen atoms in total. The van der Waals surface area contributed by atoms with Crippen LogP contribution in [0.3, 0.4) is 0 Å². The van der Waals surface area contributed by atoms with Gasteiger partial charge in [0.05, 0.1) is 5.57 Å². The van der Waals surface area contributed by atoms with Gasteiger partial charge >= 0.3 is 5.97 Å². The Morgan fingerprint density at radius 1 is 1.14 bits per heavy atom. The fourth-order valence-corrected chi connectivity index (χ4v) is 4.93. The molecule has 2 aliphatic carbocycles. The molecule has 154 valence electrons. The molecule has 4 rings (SSSR count). The minimum absolute atomic E-state index is 0.0420. The SMILES string of the molecule is CC1=C(C(=O)OC2CCCC2)[C@H](c2ccc(O)cc2)C2=C(CC(C)(C)CC2=O)N1. The van der Waals surface area contributed by atoms with Crippen molar-refractivity contribution in [3.05, 3.63) is 52.4 Å². The Morgan fingerprint density at radius 3 is 2.45 bits per heavy atom. The maximum atomic E-state index is 13.2. The van der Waals surface area contributed by atoms with Crippen LogP contribution in [0.1, 0.15) is 70.8 Å². The first-order valence-electron chi connectivity index (χ1n) is 10.5. The second kappa shape index (κ2) is 7.36. The first-order chi connectivity index (χ1) is 13.7. The van der Waals surface area contributed by atoms with Crippen LogP contribution in [0, 0.1) is 5.41 Å². The highest BCUT2D eigenvalue weighted by atomic mass is 16.5. The molecular weight excluding hydrogens is 366 g/mol. The molecule has 0 unspecified atom stereocenters. The van der Waals surface area contributed by atoms with Gasteiger partial charge in [-0.15, -0.1) is 0 Å². The largest absolute Gasteiger partial charge is 0.508 e. The highest BCUT2D eigenvalue weighted by Crippen LogP contribution is 2.47. The second-order valence-electron chi connectivity index (χ2n) is 9.33. The van der Waals surface area contributed by atoms with Gasteiger partial charge in [-0.05, 0) is 62.1 Å². The molecule has 0 radical (unpaired) electrons. The average molecular weight is 395 g/mol. The quantitative estimate of drug-likeness (QED) is 0.738. The summed E-state index contributed by atoms with van der Waals surface area (Å²) in [4.78, 5) is 26.4. The fourth-order valence-electron chi connectivity index (χ4n) is 4.93. The van der Waals surface area contributed by atoms with Crippen molar-refractivity contribution in [1.82, 2.24) is 5.32 Å². The van der Waals surface area contributed by atoms with Crippen LogP contribution in [0.5, 0.6) is 5.75 Å². The van der Waals surface area contributed by atoms with Gasteiger partial charge in [0.2, 0.25) is 0 Å². The number of Topliss-reactive ketones (excluding diaryl/α,β-unsaturated/α-hetero) is 1. The van der Waals surface area contributed by atoms with Crippen LogP contribution in [0.4, 0.5) is 0 Å². The van der Waals surface area contributed by atoms with Crippen molar-refractivity contribution >= 4 is 11.8 Å². The predicted octanol–water partition coefficient (Wildman–Crippen LogP) is 4.48. The van der Waals surface area contributed by atoms with Crippen LogP contribution in [-0.2, 0) is 14.3 Å². The van der Waals surface area contributed by atoms with Gasteiger partial charge in [-0.3, -0.25) is 4.79 Å². The van der Waals surface area contributed by atoms with Crippen molar-refractivity contribution in [2.24, 2.45) is 5.41 Å². The van der Waals surface area contributed by atoms with Gasteiger partial charge in [0.1, 0.15) is 11.9 Å². The Morgan fingerprint density at radius 2 is 1.79 bits per heavy atom. The number of allylic oxidation sites excluding steroid dienone is 3. The molecule has 1 heterocycles. The molecule has 1 fully saturated rings. The molecule has 1 saturated carbocycles. The zero-order chi connectivity index (χ0) is 20.8. The van der Waals surface area contributed by atoms with E-state index in [2.05, 4.69) is 19.2 Å². The summed E-state index contributed by atoms with van der Waals surface area (Å²) in [7, 11) is 0. The molecule has 29 heavy (non-hydrogen) atoms. The van der Waals surface area contributed by atoms with E-state index in [-0.39, 0.29) is 29.0 Å². The van der Waals surface area contributed by atoms with Crippen LogP contribution < -0.4 is 5.32 Å². The molecule has 1 aromatic carbocycles. The normalized spacial score (nSPS) is 24.4. The first-order valence-corrected chi connectivity index (χ1v) is 10.5. The van der Waals surface area contributed by atoms with E-state index in [1.165, 1.54) is 0 Å². The van der Waals surface area contributed by atoms with Crippen LogP contribution in [-0.4, -0.2) is 23.0 Å². The number of phenolic OH excluding ortho intramolecular Hbond substituents is 1. The van der Waals surface area contributed by atoms with Crippen LogP contribution in [0.2, 0.25) is 0 Å². The average Bonchev–Trinajstić information content (AvgIpc) is 3.13. The summed E-state index contributed by atoms with van der Waals surface area (Å²) in [5.41, 5.74) is 3.52. The molecule has 0 bridgehead atoms. The van der Waals surface area contributed by atoms with E-state index >= 15 is 0 Å². The Hall–Kier alpha value is -2.56. The van der Waals surface area contributed by atoms with Gasteiger partial charge in [-0.25, -0.2) is 4.79 Å². The number of esters is 1. The van der Waals surface area contributed by atoms with E-state index in [1.54, 1.807) is 24.3 Å². The third kappa shape index (κ3) is 3.83. The summed E-state index contributed by atoms with van der Waals surface area (Å²) in [6, 6.07) is 6.78. The van der Waals surface area contributed by atoms with Gasteiger partial charge in [0, 0.05) is 29.3 Å². The minimum Gasteiger partial charge on any atom is -0.508 e. The fraction of sp³-hybridized carbons (Fsp3) is 0.500. The lowest BCUT2D eigenvalue weighted by molar-refractivity contribution is -0.144. The highest BCUT2D eigenvalue weighted by Gasteiger charge is 2.43. The smallest absolute Gasteiger partial charge is 0.337 e. The van der Waals surface area contributed by atoms with Crippen molar-refractivity contribution in [1.29, 1.82) is 0 Å². The number of phenols is 1. The molecule has 1 aromatic rings. The molecule has 0 spiro atoms. The second-order valence-corrected chi connectivity index (χ2v) is 9.33. The number of hydrogen-bond donors (Lipinski definition) is 2. The summed E-state index contributed by atoms with van der Waals surface area (Å²) in [6.07, 6.45) is 5.13. The van der Waals surface area contributed by atoms with Gasteiger partial charge < -0.3 is 15.2 Å². The van der Waals surface area contributed by atoms with Crippen molar-refractivity contribution in [3.63, 3.8) is 0 Å². The van der Waals surface area contributed by atoms with Gasteiger partial charge in [0.25, 0.3) is 0 Å². The summed E-state index contributed by atoms with van der Waals surface area (Å²) < 4.78 is 5.83. The molecule has 0 aromatic heterocycles. The lowest BCUT2D eigenvalue weighted by atomic mass is 9.68. The monoisotopic (exact) mass is 395 g/mol. The van der Waals surface area contributed by atoms with E-state index in [1.807, 2.05) is 6.92 Å². The Labute approximate surface area is 171 Å². The standard InChI is InChI=1S/C24H29NO4/c1-14-20(23(28)29-17-6-4-5-7-17)21(15-8-10-16(26)11-9-15)22-18(25-14)12-24(2,3)13-19(22)27/h8-11,17,21,25-26H,4-7,12-13H2,1-3H3/t21-/m0/s1. The Balaban J connectivity index is 1.78. The Kier molecular flexibility index (Phi) is 5.01. The van der Waals surface area contributed by atoms with Crippen LogP contribution in [0.25, 0.3) is 0 Å². The zero-order valence-electron chi connectivity index (χ0n) is 17.4. The van der Waals surface area contributed by atoms with E-state index in [4.69, 9.17) is 4.74 Å². The van der Waals surface area contributed by atoms with Crippen molar-refractivity contribution in [2.45, 2.75) is 71.3 Å². The van der Waals surface area contributed by atoms with E-state index in [0.717, 1.165) is 49.1 Å². The van der Waals surface area contributed by atoms with Gasteiger partial charge in [-0.1, -0.05) is 26.0 Å². The van der Waals surface area contributed by atoms with Crippen LogP contribution >= 0.6 is 0 Å². The third-order valence-electron chi connectivity index (χ3n) is 6.26. The number of carbonyl (C=O) groups excluding carboxylic acids is 2. The lowest BCUT2D eigenvalue weighted by Crippen LogP contribution is -2.39. The van der Waals surface area contributed by atoms with Gasteiger partial charge in [0.15, 0.2) is 5.78 Å². The maximum absolute atomic E-state index is 13.2. The van der Waals surface area contributed by atoms with E-state index in [0.29, 0.717) is 17.6 Å². The van der Waals surface area contributed by atoms with E-state index in [9.17, 15) is 14.7 Å². The number of carbonyl (C=O) groups is 2.